The molecule has 0 atom stereocenters. The fourth-order valence-electron chi connectivity index (χ4n) is 4.92. The van der Waals surface area contributed by atoms with Gasteiger partial charge in [0.25, 0.3) is 0 Å². The molecular formula is C29H31NO. The molecule has 2 nitrogen and oxygen atoms in total. The molecule has 158 valence electrons. The van der Waals surface area contributed by atoms with E-state index >= 15 is 0 Å². The molecule has 2 aliphatic heterocycles. The number of nitrogens with zero attached hydrogens (tertiary/aromatic N) is 1. The Hall–Kier alpha value is -3.00. The zero-order valence-corrected chi connectivity index (χ0v) is 19.4. The van der Waals surface area contributed by atoms with Crippen molar-refractivity contribution in [2.75, 3.05) is 11.6 Å². The minimum atomic E-state index is 0.480. The Balaban J connectivity index is 1.83. The highest BCUT2D eigenvalue weighted by atomic mass is 16.5. The molecular weight excluding hydrogens is 378 g/mol. The van der Waals surface area contributed by atoms with Gasteiger partial charge in [0.15, 0.2) is 12.5 Å². The molecule has 0 unspecified atom stereocenters. The van der Waals surface area contributed by atoms with E-state index in [1.54, 1.807) is 0 Å². The topological polar surface area (TPSA) is 12.5 Å². The van der Waals surface area contributed by atoms with Gasteiger partial charge in [-0.2, -0.15) is 0 Å². The van der Waals surface area contributed by atoms with Crippen LogP contribution in [0, 0.1) is 13.8 Å². The molecule has 0 amide bonds. The number of rotatable bonds is 3. The van der Waals surface area contributed by atoms with Crippen molar-refractivity contribution in [3.63, 3.8) is 0 Å². The lowest BCUT2D eigenvalue weighted by atomic mass is 9.85. The summed E-state index contributed by atoms with van der Waals surface area (Å²) in [4.78, 5) is 2.37. The predicted molar refractivity (Wildman–Crippen MR) is 131 cm³/mol. The third-order valence-corrected chi connectivity index (χ3v) is 6.76. The van der Waals surface area contributed by atoms with Crippen LogP contribution in [0.15, 0.2) is 54.6 Å². The van der Waals surface area contributed by atoms with Gasteiger partial charge in [-0.15, -0.1) is 0 Å². The third kappa shape index (κ3) is 3.08. The van der Waals surface area contributed by atoms with Gasteiger partial charge in [0, 0.05) is 16.7 Å². The molecule has 0 saturated carbocycles. The van der Waals surface area contributed by atoms with Crippen LogP contribution in [0.2, 0.25) is 0 Å². The fourth-order valence-corrected chi connectivity index (χ4v) is 4.92. The van der Waals surface area contributed by atoms with Gasteiger partial charge in [-0.25, -0.2) is 0 Å². The Kier molecular flexibility index (Phi) is 4.69. The Bertz CT molecular complexity index is 1200. The number of anilines is 1. The zero-order chi connectivity index (χ0) is 21.9. The molecule has 3 aromatic carbocycles. The minimum Gasteiger partial charge on any atom is -0.470 e. The van der Waals surface area contributed by atoms with E-state index in [4.69, 9.17) is 4.74 Å². The summed E-state index contributed by atoms with van der Waals surface area (Å²) < 4.78 is 6.45. The molecule has 0 saturated heterocycles. The molecule has 0 spiro atoms. The van der Waals surface area contributed by atoms with E-state index in [0.29, 0.717) is 18.6 Å². The number of hydrogen-bond donors (Lipinski definition) is 0. The van der Waals surface area contributed by atoms with E-state index in [-0.39, 0.29) is 0 Å². The maximum atomic E-state index is 6.45. The Labute approximate surface area is 186 Å². The van der Waals surface area contributed by atoms with Crippen molar-refractivity contribution >= 4 is 17.1 Å². The summed E-state index contributed by atoms with van der Waals surface area (Å²) in [5, 5.41) is 0. The summed E-state index contributed by atoms with van der Waals surface area (Å²) in [6.45, 7) is 14.0. The van der Waals surface area contributed by atoms with Gasteiger partial charge in [-0.05, 0) is 71.7 Å². The summed E-state index contributed by atoms with van der Waals surface area (Å²) in [5.41, 5.74) is 12.8. The van der Waals surface area contributed by atoms with Crippen molar-refractivity contribution in [1.29, 1.82) is 0 Å². The molecule has 2 heterocycles. The van der Waals surface area contributed by atoms with Crippen LogP contribution in [0.5, 0.6) is 0 Å². The molecule has 0 aliphatic carbocycles. The van der Waals surface area contributed by atoms with Crippen molar-refractivity contribution in [2.45, 2.75) is 53.4 Å². The first kappa shape index (κ1) is 19.9. The van der Waals surface area contributed by atoms with Gasteiger partial charge in [-0.3, -0.25) is 0 Å². The van der Waals surface area contributed by atoms with E-state index < -0.39 is 0 Å². The number of fused-ring (bicyclic) bond motifs is 6. The van der Waals surface area contributed by atoms with Crippen molar-refractivity contribution < 1.29 is 4.74 Å². The minimum absolute atomic E-state index is 0.480. The SMILES string of the molecule is Cc1cccc(C)c1C1=C2c3cc(C(C)C)ccc3-c3cc(C(C)C)ccc3N2CO1. The van der Waals surface area contributed by atoms with Gasteiger partial charge in [0.2, 0.25) is 0 Å². The molecule has 31 heavy (non-hydrogen) atoms. The van der Waals surface area contributed by atoms with Crippen molar-refractivity contribution in [3.8, 4) is 11.1 Å². The van der Waals surface area contributed by atoms with E-state index in [0.717, 1.165) is 5.76 Å². The monoisotopic (exact) mass is 409 g/mol. The van der Waals surface area contributed by atoms with E-state index in [1.165, 1.54) is 55.9 Å². The van der Waals surface area contributed by atoms with Gasteiger partial charge in [-0.1, -0.05) is 64.1 Å². The van der Waals surface area contributed by atoms with Crippen molar-refractivity contribution in [3.05, 3.63) is 88.0 Å². The molecule has 2 heteroatoms. The predicted octanol–water partition coefficient (Wildman–Crippen LogP) is 7.85. The first-order valence-electron chi connectivity index (χ1n) is 11.4. The van der Waals surface area contributed by atoms with Crippen LogP contribution < -0.4 is 4.90 Å². The summed E-state index contributed by atoms with van der Waals surface area (Å²) in [6, 6.07) is 20.4. The maximum absolute atomic E-state index is 6.45. The van der Waals surface area contributed by atoms with Crippen LogP contribution in [0.3, 0.4) is 0 Å². The summed E-state index contributed by atoms with van der Waals surface area (Å²) >= 11 is 0. The van der Waals surface area contributed by atoms with Crippen LogP contribution in [-0.4, -0.2) is 6.73 Å². The second-order valence-electron chi connectivity index (χ2n) is 9.54. The Morgan fingerprint density at radius 1 is 0.742 bits per heavy atom. The van der Waals surface area contributed by atoms with Gasteiger partial charge >= 0.3 is 0 Å². The standard InChI is InChI=1S/C29H31NO/c1-17(2)21-10-12-23-24-14-22(18(3)4)11-13-26(24)30-16-31-29(28(30)25(23)15-21)27-19(5)8-7-9-20(27)6/h7-15,17-18H,16H2,1-6H3. The number of aryl methyl sites for hydroxylation is 2. The molecule has 3 aromatic rings. The summed E-state index contributed by atoms with van der Waals surface area (Å²) in [7, 11) is 0. The molecule has 2 aliphatic rings. The van der Waals surface area contributed by atoms with Crippen molar-refractivity contribution in [1.82, 2.24) is 0 Å². The average molecular weight is 410 g/mol. The van der Waals surface area contributed by atoms with Crippen LogP contribution >= 0.6 is 0 Å². The Morgan fingerprint density at radius 3 is 2.00 bits per heavy atom. The normalized spacial score (nSPS) is 14.6. The van der Waals surface area contributed by atoms with Crippen LogP contribution in [0.4, 0.5) is 5.69 Å². The quantitative estimate of drug-likeness (QED) is 0.437. The molecule has 0 aromatic heterocycles. The maximum Gasteiger partial charge on any atom is 0.165 e. The Morgan fingerprint density at radius 2 is 1.35 bits per heavy atom. The second kappa shape index (κ2) is 7.30. The molecule has 0 N–H and O–H groups in total. The van der Waals surface area contributed by atoms with Gasteiger partial charge in [0.1, 0.15) is 0 Å². The van der Waals surface area contributed by atoms with Gasteiger partial charge in [0.05, 0.1) is 11.4 Å². The van der Waals surface area contributed by atoms with Crippen molar-refractivity contribution in [2.24, 2.45) is 0 Å². The first-order chi connectivity index (χ1) is 14.9. The highest BCUT2D eigenvalue weighted by Crippen LogP contribution is 2.51. The fraction of sp³-hybridized carbons (Fsp3) is 0.310. The van der Waals surface area contributed by atoms with Crippen LogP contribution in [0.25, 0.3) is 22.6 Å². The molecule has 5 rings (SSSR count). The van der Waals surface area contributed by atoms with Gasteiger partial charge < -0.3 is 9.64 Å². The number of benzene rings is 3. The lowest BCUT2D eigenvalue weighted by Gasteiger charge is -2.31. The van der Waals surface area contributed by atoms with Crippen LogP contribution in [0.1, 0.15) is 72.9 Å². The zero-order valence-electron chi connectivity index (χ0n) is 19.4. The first-order valence-corrected chi connectivity index (χ1v) is 11.4. The van der Waals surface area contributed by atoms with Crippen LogP contribution in [-0.2, 0) is 4.74 Å². The number of hydrogen-bond acceptors (Lipinski definition) is 2. The highest BCUT2D eigenvalue weighted by Gasteiger charge is 2.36. The lowest BCUT2D eigenvalue weighted by molar-refractivity contribution is 0.307. The lowest BCUT2D eigenvalue weighted by Crippen LogP contribution is -2.23. The number of ether oxygens (including phenoxy) is 1. The summed E-state index contributed by atoms with van der Waals surface area (Å²) in [6.07, 6.45) is 0. The van der Waals surface area contributed by atoms with E-state index in [1.807, 2.05) is 0 Å². The average Bonchev–Trinajstić information content (AvgIpc) is 3.18. The molecule has 0 bridgehead atoms. The smallest absolute Gasteiger partial charge is 0.165 e. The molecule has 0 radical (unpaired) electrons. The largest absolute Gasteiger partial charge is 0.470 e. The van der Waals surface area contributed by atoms with E-state index in [2.05, 4.69) is 101 Å². The molecule has 0 fully saturated rings. The second-order valence-corrected chi connectivity index (χ2v) is 9.54. The van der Waals surface area contributed by atoms with E-state index in [9.17, 15) is 0 Å². The highest BCUT2D eigenvalue weighted by molar-refractivity contribution is 6.07. The third-order valence-electron chi connectivity index (χ3n) is 6.76. The summed E-state index contributed by atoms with van der Waals surface area (Å²) in [5.74, 6) is 1.99.